The number of hydrogen-bond donors (Lipinski definition) is 2. The van der Waals surface area contributed by atoms with Crippen molar-refractivity contribution in [1.82, 2.24) is 10.2 Å². The number of ether oxygens (including phenoxy) is 1. The molecule has 1 amide bonds. The topological polar surface area (TPSA) is 67.6 Å². The lowest BCUT2D eigenvalue weighted by molar-refractivity contribution is -0.128. The van der Waals surface area contributed by atoms with Crippen molar-refractivity contribution in [2.24, 2.45) is 23.5 Å². The van der Waals surface area contributed by atoms with Gasteiger partial charge in [0.2, 0.25) is 5.91 Å². The largest absolute Gasteiger partial charge is 0.378 e. The zero-order chi connectivity index (χ0) is 16.4. The molecule has 148 valence electrons. The Kier molecular flexibility index (Phi) is 8.95. The third-order valence-electron chi connectivity index (χ3n) is 6.28. The summed E-state index contributed by atoms with van der Waals surface area (Å²) in [7, 11) is 0. The highest BCUT2D eigenvalue weighted by Crippen LogP contribution is 2.41. The first-order valence-electron chi connectivity index (χ1n) is 9.33. The lowest BCUT2D eigenvalue weighted by Crippen LogP contribution is -2.55. The fourth-order valence-corrected chi connectivity index (χ4v) is 4.77. The summed E-state index contributed by atoms with van der Waals surface area (Å²) in [5, 5.41) is 3.18. The van der Waals surface area contributed by atoms with Gasteiger partial charge in [-0.15, -0.1) is 24.8 Å². The van der Waals surface area contributed by atoms with E-state index in [9.17, 15) is 4.79 Å². The molecule has 7 heteroatoms. The van der Waals surface area contributed by atoms with Crippen LogP contribution in [0.3, 0.4) is 0 Å². The molecule has 0 radical (unpaired) electrons. The number of nitrogens with two attached hydrogens (primary N) is 1. The maximum absolute atomic E-state index is 12.5. The van der Waals surface area contributed by atoms with Crippen LogP contribution in [0.15, 0.2) is 0 Å². The van der Waals surface area contributed by atoms with E-state index >= 15 is 0 Å². The molecule has 25 heavy (non-hydrogen) atoms. The van der Waals surface area contributed by atoms with Crippen LogP contribution in [0.5, 0.6) is 0 Å². The Labute approximate surface area is 164 Å². The molecule has 0 aromatic carbocycles. The van der Waals surface area contributed by atoms with Gasteiger partial charge in [0, 0.05) is 37.1 Å². The van der Waals surface area contributed by atoms with Crippen molar-refractivity contribution < 1.29 is 9.53 Å². The van der Waals surface area contributed by atoms with Crippen LogP contribution in [-0.4, -0.2) is 55.2 Å². The van der Waals surface area contributed by atoms with Gasteiger partial charge in [0.15, 0.2) is 0 Å². The Bertz CT molecular complexity index is 423. The Hall–Kier alpha value is -0.0700. The first-order valence-corrected chi connectivity index (χ1v) is 9.33. The van der Waals surface area contributed by atoms with Crippen molar-refractivity contribution in [3.05, 3.63) is 0 Å². The van der Waals surface area contributed by atoms with Crippen molar-refractivity contribution in [3.8, 4) is 0 Å². The number of fused-ring (bicyclic) bond motifs is 2. The Morgan fingerprint density at radius 3 is 2.48 bits per heavy atom. The van der Waals surface area contributed by atoms with E-state index in [1.807, 2.05) is 0 Å². The van der Waals surface area contributed by atoms with Crippen LogP contribution >= 0.6 is 24.8 Å². The van der Waals surface area contributed by atoms with Crippen molar-refractivity contribution in [2.75, 3.05) is 32.8 Å². The summed E-state index contributed by atoms with van der Waals surface area (Å²) in [6.07, 6.45) is 5.70. The molecule has 5 nitrogen and oxygen atoms in total. The molecule has 0 aromatic heterocycles. The van der Waals surface area contributed by atoms with Crippen molar-refractivity contribution >= 4 is 30.7 Å². The normalized spacial score (nSPS) is 34.4. The first kappa shape index (κ1) is 23.0. The van der Waals surface area contributed by atoms with Crippen molar-refractivity contribution in [2.45, 2.75) is 57.5 Å². The van der Waals surface area contributed by atoms with Crippen LogP contribution in [0.1, 0.15) is 46.0 Å². The molecular formula is C18H35Cl2N3O2. The van der Waals surface area contributed by atoms with Crippen LogP contribution in [0.2, 0.25) is 0 Å². The smallest absolute Gasteiger partial charge is 0.223 e. The zero-order valence-electron chi connectivity index (χ0n) is 15.5. The van der Waals surface area contributed by atoms with E-state index in [0.29, 0.717) is 17.9 Å². The molecule has 2 saturated carbocycles. The van der Waals surface area contributed by atoms with Crippen LogP contribution in [0.25, 0.3) is 0 Å². The van der Waals surface area contributed by atoms with E-state index in [4.69, 9.17) is 10.5 Å². The zero-order valence-corrected chi connectivity index (χ0v) is 17.2. The van der Waals surface area contributed by atoms with Crippen LogP contribution in [0, 0.1) is 17.8 Å². The Morgan fingerprint density at radius 1 is 1.24 bits per heavy atom. The maximum Gasteiger partial charge on any atom is 0.223 e. The lowest BCUT2D eigenvalue weighted by Gasteiger charge is -2.44. The van der Waals surface area contributed by atoms with Crippen molar-refractivity contribution in [1.29, 1.82) is 0 Å². The molecule has 3 N–H and O–H groups in total. The van der Waals surface area contributed by atoms with E-state index < -0.39 is 0 Å². The SMILES string of the molecule is CC1(C)COCCN1CCNC(=O)C1CC2CCCC(C1)C2N.Cl.Cl. The Balaban J connectivity index is 0.00000156. The number of amides is 1. The number of carbonyl (C=O) groups excluding carboxylic acids is 1. The fourth-order valence-electron chi connectivity index (χ4n) is 4.77. The molecule has 2 atom stereocenters. The number of carbonyl (C=O) groups is 1. The van der Waals surface area contributed by atoms with Gasteiger partial charge in [-0.1, -0.05) is 6.42 Å². The van der Waals surface area contributed by atoms with Crippen LogP contribution in [0.4, 0.5) is 0 Å². The van der Waals surface area contributed by atoms with Gasteiger partial charge in [-0.25, -0.2) is 0 Å². The highest BCUT2D eigenvalue weighted by Gasteiger charge is 2.40. The van der Waals surface area contributed by atoms with E-state index in [1.54, 1.807) is 0 Å². The second-order valence-corrected chi connectivity index (χ2v) is 8.34. The van der Waals surface area contributed by atoms with Gasteiger partial charge in [-0.2, -0.15) is 0 Å². The number of halogens is 2. The van der Waals surface area contributed by atoms with E-state index in [2.05, 4.69) is 24.1 Å². The second-order valence-electron chi connectivity index (χ2n) is 8.34. The maximum atomic E-state index is 12.5. The summed E-state index contributed by atoms with van der Waals surface area (Å²) in [5.74, 6) is 1.57. The number of hydrogen-bond acceptors (Lipinski definition) is 4. The standard InChI is InChI=1S/C18H33N3O2.2ClH/c1-18(2)12-23-9-8-21(18)7-6-20-17(22)15-10-13-4-3-5-14(11-15)16(13)19;;/h13-16H,3-12,19H2,1-2H3,(H,20,22);2*1H. The summed E-state index contributed by atoms with van der Waals surface area (Å²) in [5.41, 5.74) is 6.39. The average Bonchev–Trinajstić information content (AvgIpc) is 2.48. The molecule has 1 saturated heterocycles. The van der Waals surface area contributed by atoms with Gasteiger partial charge in [0.1, 0.15) is 0 Å². The van der Waals surface area contributed by atoms with E-state index in [-0.39, 0.29) is 42.2 Å². The van der Waals surface area contributed by atoms with Gasteiger partial charge < -0.3 is 15.8 Å². The second kappa shape index (κ2) is 9.75. The molecule has 0 aromatic rings. The lowest BCUT2D eigenvalue weighted by atomic mass is 9.65. The van der Waals surface area contributed by atoms with Gasteiger partial charge >= 0.3 is 0 Å². The molecule has 0 spiro atoms. The summed E-state index contributed by atoms with van der Waals surface area (Å²) in [6.45, 7) is 8.56. The van der Waals surface area contributed by atoms with Crippen LogP contribution in [-0.2, 0) is 9.53 Å². The van der Waals surface area contributed by atoms with Crippen molar-refractivity contribution in [3.63, 3.8) is 0 Å². The molecule has 2 bridgehead atoms. The molecule has 2 unspecified atom stereocenters. The van der Waals surface area contributed by atoms with Gasteiger partial charge in [-0.05, 0) is 51.4 Å². The first-order chi connectivity index (χ1) is 11.0. The molecule has 3 fully saturated rings. The summed E-state index contributed by atoms with van der Waals surface area (Å²) >= 11 is 0. The minimum Gasteiger partial charge on any atom is -0.378 e. The van der Waals surface area contributed by atoms with E-state index in [1.165, 1.54) is 19.3 Å². The predicted molar refractivity (Wildman–Crippen MR) is 106 cm³/mol. The fraction of sp³-hybridized carbons (Fsp3) is 0.944. The quantitative estimate of drug-likeness (QED) is 0.765. The third-order valence-corrected chi connectivity index (χ3v) is 6.28. The van der Waals surface area contributed by atoms with Gasteiger partial charge in [0.05, 0.1) is 13.2 Å². The highest BCUT2D eigenvalue weighted by atomic mass is 35.5. The number of morpholine rings is 1. The molecule has 3 aliphatic rings. The number of nitrogens with zero attached hydrogens (tertiary/aromatic N) is 1. The number of nitrogens with one attached hydrogen (secondary N) is 1. The monoisotopic (exact) mass is 395 g/mol. The summed E-state index contributed by atoms with van der Waals surface area (Å²) < 4.78 is 5.55. The van der Waals surface area contributed by atoms with Gasteiger partial charge in [-0.3, -0.25) is 9.69 Å². The molecule has 1 heterocycles. The minimum absolute atomic E-state index is 0. The minimum atomic E-state index is 0. The predicted octanol–water partition coefficient (Wildman–Crippen LogP) is 2.21. The molecule has 2 aliphatic carbocycles. The van der Waals surface area contributed by atoms with E-state index in [0.717, 1.165) is 45.7 Å². The molecular weight excluding hydrogens is 361 g/mol. The van der Waals surface area contributed by atoms with Crippen LogP contribution < -0.4 is 11.1 Å². The number of rotatable bonds is 4. The summed E-state index contributed by atoms with van der Waals surface area (Å²) in [4.78, 5) is 15.0. The Morgan fingerprint density at radius 2 is 1.88 bits per heavy atom. The summed E-state index contributed by atoms with van der Waals surface area (Å²) in [6, 6.07) is 0.335. The average molecular weight is 396 g/mol. The van der Waals surface area contributed by atoms with Gasteiger partial charge in [0.25, 0.3) is 0 Å². The highest BCUT2D eigenvalue weighted by molar-refractivity contribution is 5.85. The molecule has 1 aliphatic heterocycles. The third kappa shape index (κ3) is 5.46. The molecule has 3 rings (SSSR count).